The minimum absolute atomic E-state index is 0.0217. The SMILES string of the molecule is CCCCc1nc(Cl)c(C(=O)N(CC(C)C)[C@H]2C[C@@H](C(=O)N3CCOCC3)CN(C(=O)OC(C)(C)C)C2)n1CCCCOC. The number of amides is 3. The Morgan fingerprint density at radius 1 is 1.09 bits per heavy atom. The van der Waals surface area contributed by atoms with Crippen LogP contribution >= 0.6 is 11.6 Å². The van der Waals surface area contributed by atoms with Crippen LogP contribution in [-0.2, 0) is 32.0 Å². The Balaban J connectivity index is 1.99. The lowest BCUT2D eigenvalue weighted by Crippen LogP contribution is -2.58. The molecule has 0 aromatic carbocycles. The molecular weight excluding hydrogens is 586 g/mol. The Labute approximate surface area is 268 Å². The Morgan fingerprint density at radius 3 is 2.41 bits per heavy atom. The zero-order chi connectivity index (χ0) is 32.4. The van der Waals surface area contributed by atoms with Gasteiger partial charge in [-0.3, -0.25) is 9.59 Å². The maximum atomic E-state index is 14.6. The number of likely N-dealkylation sites (tertiary alicyclic amines) is 1. The summed E-state index contributed by atoms with van der Waals surface area (Å²) >= 11 is 6.75. The number of ether oxygens (including phenoxy) is 3. The van der Waals surface area contributed by atoms with Gasteiger partial charge in [-0.25, -0.2) is 9.78 Å². The second kappa shape index (κ2) is 16.8. The van der Waals surface area contributed by atoms with Crippen LogP contribution in [0.25, 0.3) is 0 Å². The number of unbranched alkanes of at least 4 members (excludes halogenated alkanes) is 2. The lowest BCUT2D eigenvalue weighted by Gasteiger charge is -2.44. The molecule has 3 heterocycles. The molecule has 12 heteroatoms. The molecule has 3 rings (SSSR count). The number of aromatic nitrogens is 2. The average molecular weight is 640 g/mol. The Bertz CT molecular complexity index is 1100. The third kappa shape index (κ3) is 10.1. The van der Waals surface area contributed by atoms with Crippen molar-refractivity contribution in [2.24, 2.45) is 11.8 Å². The zero-order valence-electron chi connectivity index (χ0n) is 27.9. The lowest BCUT2D eigenvalue weighted by atomic mass is 9.91. The lowest BCUT2D eigenvalue weighted by molar-refractivity contribution is -0.142. The summed E-state index contributed by atoms with van der Waals surface area (Å²) in [5, 5.41) is 0.197. The number of nitrogens with zero attached hydrogens (tertiary/aromatic N) is 5. The van der Waals surface area contributed by atoms with Gasteiger partial charge < -0.3 is 33.5 Å². The predicted octanol–water partition coefficient (Wildman–Crippen LogP) is 4.89. The number of methoxy groups -OCH3 is 1. The minimum Gasteiger partial charge on any atom is -0.444 e. The van der Waals surface area contributed by atoms with E-state index in [0.717, 1.165) is 37.9 Å². The standard InChI is InChI=1S/C32H54ClN5O6/c1-8-9-12-26-34-28(33)27(37(26)13-10-11-16-42-7)30(40)38(20-23(2)3)25-19-24(29(39)35-14-17-43-18-15-35)21-36(22-25)31(41)44-32(4,5)6/h23-25H,8-22H2,1-7H3/t24-,25+/m1/s1. The first-order valence-electron chi connectivity index (χ1n) is 16.2. The molecule has 0 bridgehead atoms. The van der Waals surface area contributed by atoms with Crippen molar-refractivity contribution in [3.05, 3.63) is 16.7 Å². The van der Waals surface area contributed by atoms with E-state index >= 15 is 0 Å². The molecule has 2 aliphatic rings. The molecule has 0 spiro atoms. The molecule has 0 unspecified atom stereocenters. The van der Waals surface area contributed by atoms with Crippen LogP contribution in [-0.4, -0.2) is 113 Å². The van der Waals surface area contributed by atoms with E-state index in [1.54, 1.807) is 12.0 Å². The van der Waals surface area contributed by atoms with Gasteiger partial charge in [0.05, 0.1) is 25.2 Å². The van der Waals surface area contributed by atoms with Crippen molar-refractivity contribution < 1.29 is 28.6 Å². The minimum atomic E-state index is -0.696. The van der Waals surface area contributed by atoms with E-state index in [2.05, 4.69) is 25.8 Å². The second-order valence-corrected chi connectivity index (χ2v) is 13.7. The topological polar surface area (TPSA) is 106 Å². The largest absolute Gasteiger partial charge is 0.444 e. The number of aryl methyl sites for hydroxylation is 1. The van der Waals surface area contributed by atoms with Crippen LogP contribution in [0.4, 0.5) is 4.79 Å². The Kier molecular flexibility index (Phi) is 13.8. The highest BCUT2D eigenvalue weighted by atomic mass is 35.5. The fourth-order valence-corrected chi connectivity index (χ4v) is 6.16. The number of halogens is 1. The number of imidazole rings is 1. The van der Waals surface area contributed by atoms with Crippen LogP contribution in [0.1, 0.15) is 90.0 Å². The predicted molar refractivity (Wildman–Crippen MR) is 170 cm³/mol. The van der Waals surface area contributed by atoms with Gasteiger partial charge in [-0.15, -0.1) is 0 Å². The van der Waals surface area contributed by atoms with Crippen molar-refractivity contribution in [2.45, 2.75) is 98.3 Å². The van der Waals surface area contributed by atoms with Gasteiger partial charge in [-0.2, -0.15) is 0 Å². The number of carbonyl (C=O) groups is 3. The fraction of sp³-hybridized carbons (Fsp3) is 0.812. The molecular formula is C32H54ClN5O6. The molecule has 1 aromatic heterocycles. The van der Waals surface area contributed by atoms with E-state index in [1.807, 2.05) is 35.1 Å². The van der Waals surface area contributed by atoms with Crippen molar-refractivity contribution in [1.82, 2.24) is 24.3 Å². The van der Waals surface area contributed by atoms with Gasteiger partial charge in [0.2, 0.25) is 5.91 Å². The number of piperidine rings is 1. The summed E-state index contributed by atoms with van der Waals surface area (Å²) in [5.41, 5.74) is -0.319. The summed E-state index contributed by atoms with van der Waals surface area (Å²) < 4.78 is 18.4. The zero-order valence-corrected chi connectivity index (χ0v) is 28.7. The molecule has 1 aromatic rings. The van der Waals surface area contributed by atoms with E-state index in [1.165, 1.54) is 0 Å². The van der Waals surface area contributed by atoms with Crippen LogP contribution in [0.3, 0.4) is 0 Å². The highest BCUT2D eigenvalue weighted by Crippen LogP contribution is 2.29. The van der Waals surface area contributed by atoms with E-state index in [9.17, 15) is 14.4 Å². The fourth-order valence-electron chi connectivity index (χ4n) is 5.88. The molecule has 3 amide bonds. The van der Waals surface area contributed by atoms with Crippen LogP contribution < -0.4 is 0 Å². The smallest absolute Gasteiger partial charge is 0.410 e. The summed E-state index contributed by atoms with van der Waals surface area (Å²) in [5.74, 6) is 0.226. The molecule has 2 saturated heterocycles. The monoisotopic (exact) mass is 639 g/mol. The van der Waals surface area contributed by atoms with Crippen LogP contribution in [0, 0.1) is 11.8 Å². The summed E-state index contributed by atoms with van der Waals surface area (Å²) in [7, 11) is 1.68. The summed E-state index contributed by atoms with van der Waals surface area (Å²) in [4.78, 5) is 51.6. The van der Waals surface area contributed by atoms with Crippen molar-refractivity contribution in [3.8, 4) is 0 Å². The maximum absolute atomic E-state index is 14.6. The van der Waals surface area contributed by atoms with E-state index in [0.29, 0.717) is 58.1 Å². The van der Waals surface area contributed by atoms with Crippen molar-refractivity contribution in [2.75, 3.05) is 59.7 Å². The van der Waals surface area contributed by atoms with Crippen LogP contribution in [0.5, 0.6) is 0 Å². The summed E-state index contributed by atoms with van der Waals surface area (Å²) in [6.07, 6.45) is 4.28. The van der Waals surface area contributed by atoms with E-state index in [4.69, 9.17) is 25.8 Å². The van der Waals surface area contributed by atoms with Gasteiger partial charge in [-0.1, -0.05) is 38.8 Å². The summed E-state index contributed by atoms with van der Waals surface area (Å²) in [6, 6.07) is -0.409. The summed E-state index contributed by atoms with van der Waals surface area (Å²) in [6.45, 7) is 15.9. The average Bonchev–Trinajstić information content (AvgIpc) is 3.29. The first-order chi connectivity index (χ1) is 20.9. The third-order valence-corrected chi connectivity index (χ3v) is 8.22. The van der Waals surface area contributed by atoms with Crippen LogP contribution in [0.2, 0.25) is 5.15 Å². The van der Waals surface area contributed by atoms with Gasteiger partial charge in [0, 0.05) is 59.4 Å². The van der Waals surface area contributed by atoms with Crippen LogP contribution in [0.15, 0.2) is 0 Å². The molecule has 0 N–H and O–H groups in total. The van der Waals surface area contributed by atoms with Gasteiger partial charge in [-0.05, 0) is 52.4 Å². The van der Waals surface area contributed by atoms with Crippen molar-refractivity contribution in [3.63, 3.8) is 0 Å². The molecule has 2 fully saturated rings. The number of carbonyl (C=O) groups excluding carboxylic acids is 3. The normalized spacial score (nSPS) is 19.4. The molecule has 0 saturated carbocycles. The molecule has 2 atom stereocenters. The van der Waals surface area contributed by atoms with Crippen molar-refractivity contribution >= 4 is 29.5 Å². The highest BCUT2D eigenvalue weighted by Gasteiger charge is 2.42. The molecule has 2 aliphatic heterocycles. The quantitative estimate of drug-likeness (QED) is 0.283. The molecule has 11 nitrogen and oxygen atoms in total. The maximum Gasteiger partial charge on any atom is 0.410 e. The Morgan fingerprint density at radius 2 is 1.80 bits per heavy atom. The second-order valence-electron chi connectivity index (χ2n) is 13.4. The number of morpholine rings is 1. The molecule has 250 valence electrons. The third-order valence-electron chi connectivity index (χ3n) is 7.96. The first-order valence-corrected chi connectivity index (χ1v) is 16.6. The van der Waals surface area contributed by atoms with Crippen molar-refractivity contribution in [1.29, 1.82) is 0 Å². The van der Waals surface area contributed by atoms with Gasteiger partial charge in [0.25, 0.3) is 5.91 Å². The highest BCUT2D eigenvalue weighted by molar-refractivity contribution is 6.32. The van der Waals surface area contributed by atoms with E-state index < -0.39 is 23.7 Å². The Hall–Kier alpha value is -2.37. The molecule has 0 aliphatic carbocycles. The number of hydrogen-bond donors (Lipinski definition) is 0. The van der Waals surface area contributed by atoms with Gasteiger partial charge >= 0.3 is 6.09 Å². The molecule has 44 heavy (non-hydrogen) atoms. The molecule has 0 radical (unpaired) electrons. The van der Waals surface area contributed by atoms with Gasteiger partial charge in [0.15, 0.2) is 5.15 Å². The van der Waals surface area contributed by atoms with Gasteiger partial charge in [0.1, 0.15) is 17.1 Å². The first kappa shape index (κ1) is 36.1. The van der Waals surface area contributed by atoms with E-state index in [-0.39, 0.29) is 36.0 Å². The number of hydrogen-bond acceptors (Lipinski definition) is 7. The number of rotatable bonds is 13.